The smallest absolute Gasteiger partial charge is 0.338 e. The highest BCUT2D eigenvalue weighted by atomic mass is 16.5. The van der Waals surface area contributed by atoms with Crippen LogP contribution in [0.1, 0.15) is 15.9 Å². The summed E-state index contributed by atoms with van der Waals surface area (Å²) in [5.74, 6) is 5.19. The summed E-state index contributed by atoms with van der Waals surface area (Å²) in [6.45, 7) is 0.519. The fourth-order valence-electron chi connectivity index (χ4n) is 1.24. The van der Waals surface area contributed by atoms with Crippen molar-refractivity contribution in [2.75, 3.05) is 14.2 Å². The molecule has 0 aliphatic heterocycles. The first-order chi connectivity index (χ1) is 6.65. The number of ether oxygens (including phenoxy) is 1. The summed E-state index contributed by atoms with van der Waals surface area (Å²) in [4.78, 5) is 11.3. The van der Waals surface area contributed by atoms with E-state index in [1.54, 1.807) is 19.2 Å². The van der Waals surface area contributed by atoms with Gasteiger partial charge in [0.05, 0.1) is 12.7 Å². The van der Waals surface area contributed by atoms with Crippen molar-refractivity contribution in [3.05, 3.63) is 35.4 Å². The van der Waals surface area contributed by atoms with E-state index < -0.39 is 0 Å². The van der Waals surface area contributed by atoms with Crippen LogP contribution in [0, 0.1) is 0 Å². The molecule has 0 spiro atoms. The highest BCUT2D eigenvalue weighted by molar-refractivity contribution is 5.90. The summed E-state index contributed by atoms with van der Waals surface area (Å²) in [6.07, 6.45) is 0. The highest BCUT2D eigenvalue weighted by Crippen LogP contribution is 2.10. The van der Waals surface area contributed by atoms with Crippen molar-refractivity contribution in [2.45, 2.75) is 6.54 Å². The molecule has 1 aromatic carbocycles. The van der Waals surface area contributed by atoms with Gasteiger partial charge in [0.25, 0.3) is 0 Å². The van der Waals surface area contributed by atoms with E-state index in [0.29, 0.717) is 12.1 Å². The fourth-order valence-corrected chi connectivity index (χ4v) is 1.24. The molecule has 4 heteroatoms. The molecule has 14 heavy (non-hydrogen) atoms. The number of nitrogens with zero attached hydrogens (tertiary/aromatic N) is 1. The highest BCUT2D eigenvalue weighted by Gasteiger charge is 2.10. The molecule has 76 valence electrons. The summed E-state index contributed by atoms with van der Waals surface area (Å²) >= 11 is 0. The Kier molecular flexibility index (Phi) is 3.62. The van der Waals surface area contributed by atoms with Crippen LogP contribution in [-0.2, 0) is 11.3 Å². The zero-order valence-electron chi connectivity index (χ0n) is 8.36. The van der Waals surface area contributed by atoms with Crippen molar-refractivity contribution < 1.29 is 9.53 Å². The third-order valence-electron chi connectivity index (χ3n) is 1.84. The van der Waals surface area contributed by atoms with E-state index >= 15 is 0 Å². The van der Waals surface area contributed by atoms with Crippen molar-refractivity contribution in [2.24, 2.45) is 5.84 Å². The number of esters is 1. The van der Waals surface area contributed by atoms with Crippen molar-refractivity contribution in [1.82, 2.24) is 5.01 Å². The Balaban J connectivity index is 2.97. The Labute approximate surface area is 83.2 Å². The fraction of sp³-hybridized carbons (Fsp3) is 0.300. The van der Waals surface area contributed by atoms with E-state index in [-0.39, 0.29) is 5.97 Å². The molecule has 0 aliphatic carbocycles. The van der Waals surface area contributed by atoms with Gasteiger partial charge < -0.3 is 4.74 Å². The number of carbonyl (C=O) groups is 1. The summed E-state index contributed by atoms with van der Waals surface area (Å²) in [6, 6.07) is 7.25. The molecule has 0 aromatic heterocycles. The molecule has 0 bridgehead atoms. The maximum Gasteiger partial charge on any atom is 0.338 e. The van der Waals surface area contributed by atoms with Crippen LogP contribution >= 0.6 is 0 Å². The minimum Gasteiger partial charge on any atom is -0.465 e. The van der Waals surface area contributed by atoms with Crippen LogP contribution in [0.5, 0.6) is 0 Å². The Morgan fingerprint density at radius 1 is 1.50 bits per heavy atom. The standard InChI is InChI=1S/C10H14N2O2/c1-12(11)7-8-5-3-4-6-9(8)10(13)14-2/h3-6H,7,11H2,1-2H3. The topological polar surface area (TPSA) is 55.6 Å². The van der Waals surface area contributed by atoms with Crippen molar-refractivity contribution in [3.63, 3.8) is 0 Å². The van der Waals surface area contributed by atoms with Gasteiger partial charge in [-0.3, -0.25) is 5.84 Å². The van der Waals surface area contributed by atoms with E-state index in [1.807, 2.05) is 12.1 Å². The molecule has 0 aliphatic rings. The molecule has 0 amide bonds. The maximum atomic E-state index is 11.3. The first-order valence-electron chi connectivity index (χ1n) is 4.27. The first-order valence-corrected chi connectivity index (χ1v) is 4.27. The summed E-state index contributed by atoms with van der Waals surface area (Å²) in [5.41, 5.74) is 1.43. The molecule has 0 radical (unpaired) electrons. The summed E-state index contributed by atoms with van der Waals surface area (Å²) in [5, 5.41) is 1.52. The van der Waals surface area contributed by atoms with Gasteiger partial charge in [-0.15, -0.1) is 0 Å². The predicted octanol–water partition coefficient (Wildman–Crippen LogP) is 0.779. The van der Waals surface area contributed by atoms with Gasteiger partial charge in [-0.25, -0.2) is 9.80 Å². The molecular weight excluding hydrogens is 180 g/mol. The number of hydrogen-bond donors (Lipinski definition) is 1. The zero-order chi connectivity index (χ0) is 10.6. The van der Waals surface area contributed by atoms with Gasteiger partial charge in [-0.1, -0.05) is 18.2 Å². The van der Waals surface area contributed by atoms with Crippen LogP contribution in [-0.4, -0.2) is 25.1 Å². The average molecular weight is 194 g/mol. The second-order valence-electron chi connectivity index (χ2n) is 3.06. The minimum absolute atomic E-state index is 0.331. The lowest BCUT2D eigenvalue weighted by Crippen LogP contribution is -2.26. The lowest BCUT2D eigenvalue weighted by Gasteiger charge is -2.12. The lowest BCUT2D eigenvalue weighted by atomic mass is 10.1. The number of methoxy groups -OCH3 is 1. The third-order valence-corrected chi connectivity index (χ3v) is 1.84. The SMILES string of the molecule is COC(=O)c1ccccc1CN(C)N. The van der Waals surface area contributed by atoms with Crippen molar-refractivity contribution >= 4 is 5.97 Å². The zero-order valence-corrected chi connectivity index (χ0v) is 8.36. The third kappa shape index (κ3) is 2.55. The quantitative estimate of drug-likeness (QED) is 0.439. The van der Waals surface area contributed by atoms with E-state index in [4.69, 9.17) is 5.84 Å². The second-order valence-corrected chi connectivity index (χ2v) is 3.06. The Morgan fingerprint density at radius 3 is 2.71 bits per heavy atom. The van der Waals surface area contributed by atoms with Crippen LogP contribution < -0.4 is 5.84 Å². The van der Waals surface area contributed by atoms with Crippen molar-refractivity contribution in [3.8, 4) is 0 Å². The number of benzene rings is 1. The molecule has 1 aromatic rings. The Hall–Kier alpha value is -1.39. The predicted molar refractivity (Wildman–Crippen MR) is 53.4 cm³/mol. The Morgan fingerprint density at radius 2 is 2.14 bits per heavy atom. The largest absolute Gasteiger partial charge is 0.465 e. The molecule has 0 heterocycles. The van der Waals surface area contributed by atoms with E-state index in [0.717, 1.165) is 5.56 Å². The van der Waals surface area contributed by atoms with Crippen LogP contribution in [0.4, 0.5) is 0 Å². The van der Waals surface area contributed by atoms with Crippen LogP contribution in [0.15, 0.2) is 24.3 Å². The molecule has 0 atom stereocenters. The van der Waals surface area contributed by atoms with E-state index in [2.05, 4.69) is 4.74 Å². The summed E-state index contributed by atoms with van der Waals surface area (Å²) in [7, 11) is 3.11. The minimum atomic E-state index is -0.331. The van der Waals surface area contributed by atoms with Gasteiger partial charge in [0.2, 0.25) is 0 Å². The molecular formula is C10H14N2O2. The second kappa shape index (κ2) is 4.74. The van der Waals surface area contributed by atoms with Gasteiger partial charge in [-0.2, -0.15) is 0 Å². The monoisotopic (exact) mass is 194 g/mol. The van der Waals surface area contributed by atoms with Gasteiger partial charge in [0.15, 0.2) is 0 Å². The van der Waals surface area contributed by atoms with Crippen LogP contribution in [0.25, 0.3) is 0 Å². The van der Waals surface area contributed by atoms with Gasteiger partial charge >= 0.3 is 5.97 Å². The van der Waals surface area contributed by atoms with Gasteiger partial charge in [0, 0.05) is 13.6 Å². The van der Waals surface area contributed by atoms with Crippen LogP contribution in [0.2, 0.25) is 0 Å². The first kappa shape index (κ1) is 10.7. The van der Waals surface area contributed by atoms with Gasteiger partial charge in [-0.05, 0) is 11.6 Å². The Bertz CT molecular complexity index is 324. The molecule has 0 unspecified atom stereocenters. The normalized spacial score (nSPS) is 10.3. The number of nitrogens with two attached hydrogens (primary N) is 1. The molecule has 0 saturated heterocycles. The number of hydrazine groups is 1. The lowest BCUT2D eigenvalue weighted by molar-refractivity contribution is 0.0598. The molecule has 0 fully saturated rings. The number of hydrogen-bond acceptors (Lipinski definition) is 4. The maximum absolute atomic E-state index is 11.3. The number of carbonyl (C=O) groups excluding carboxylic acids is 1. The molecule has 2 N–H and O–H groups in total. The molecule has 4 nitrogen and oxygen atoms in total. The number of rotatable bonds is 3. The van der Waals surface area contributed by atoms with Crippen LogP contribution in [0.3, 0.4) is 0 Å². The van der Waals surface area contributed by atoms with E-state index in [1.165, 1.54) is 12.1 Å². The molecule has 0 saturated carbocycles. The van der Waals surface area contributed by atoms with E-state index in [9.17, 15) is 4.79 Å². The average Bonchev–Trinajstić information content (AvgIpc) is 2.16. The van der Waals surface area contributed by atoms with Gasteiger partial charge in [0.1, 0.15) is 0 Å². The molecule has 1 rings (SSSR count). The summed E-state index contributed by atoms with van der Waals surface area (Å²) < 4.78 is 4.66. The van der Waals surface area contributed by atoms with Crippen molar-refractivity contribution in [1.29, 1.82) is 0 Å².